The average Bonchev–Trinajstić information content (AvgIpc) is 3.75. The van der Waals surface area contributed by atoms with Gasteiger partial charge in [0.05, 0.1) is 22.4 Å². The molecule has 2 heterocycles. The summed E-state index contributed by atoms with van der Waals surface area (Å²) in [4.78, 5) is 10.4. The summed E-state index contributed by atoms with van der Waals surface area (Å²) in [5.74, 6) is 0.706. The zero-order chi connectivity index (χ0) is 38.8. The summed E-state index contributed by atoms with van der Waals surface area (Å²) in [6.07, 6.45) is 0. The van der Waals surface area contributed by atoms with Gasteiger partial charge in [0, 0.05) is 38.6 Å². The first-order valence-corrected chi connectivity index (χ1v) is 20.0. The topological polar surface area (TPSA) is 30.7 Å². The van der Waals surface area contributed by atoms with E-state index in [4.69, 9.17) is 9.97 Å². The Morgan fingerprint density at radius 2 is 0.948 bits per heavy atom. The summed E-state index contributed by atoms with van der Waals surface area (Å²) in [6.45, 7) is 4.69. The second-order valence-corrected chi connectivity index (χ2v) is 15.8. The van der Waals surface area contributed by atoms with Crippen LogP contribution in [0.5, 0.6) is 0 Å². The Morgan fingerprint density at radius 1 is 0.379 bits per heavy atom. The van der Waals surface area contributed by atoms with E-state index in [0.717, 1.165) is 44.8 Å². The highest BCUT2D eigenvalue weighted by Gasteiger charge is 2.35. The Bertz CT molecular complexity index is 3100. The van der Waals surface area contributed by atoms with Gasteiger partial charge in [-0.05, 0) is 87.0 Å². The van der Waals surface area contributed by atoms with Gasteiger partial charge in [0.25, 0.3) is 0 Å². The van der Waals surface area contributed by atoms with Crippen molar-refractivity contribution in [2.24, 2.45) is 0 Å². The number of hydrogen-bond donors (Lipinski definition) is 0. The lowest BCUT2D eigenvalue weighted by Crippen LogP contribution is -2.14. The van der Waals surface area contributed by atoms with Crippen molar-refractivity contribution in [3.8, 4) is 73.0 Å². The van der Waals surface area contributed by atoms with E-state index in [-0.39, 0.29) is 5.41 Å². The molecule has 0 amide bonds. The molecule has 1 aliphatic rings. The minimum atomic E-state index is -0.0346. The van der Waals surface area contributed by atoms with Crippen LogP contribution in [0.1, 0.15) is 25.0 Å². The SMILES string of the molecule is CC1(C)c2ccccc2-c2ccc(-c3ccc(-c4ccc5c(c4)c4c(-c6cc(-c7ccccc7)nc(-c7ccccc7)n6)cccc4n5-c4ccccc4)cc3)cc21. The van der Waals surface area contributed by atoms with Gasteiger partial charge in [-0.2, -0.15) is 0 Å². The molecule has 3 nitrogen and oxygen atoms in total. The lowest BCUT2D eigenvalue weighted by atomic mass is 9.81. The van der Waals surface area contributed by atoms with Gasteiger partial charge in [0.2, 0.25) is 0 Å². The van der Waals surface area contributed by atoms with Crippen LogP contribution in [0.2, 0.25) is 0 Å². The van der Waals surface area contributed by atoms with Gasteiger partial charge >= 0.3 is 0 Å². The Kier molecular flexibility index (Phi) is 7.84. The molecule has 0 bridgehead atoms. The first-order chi connectivity index (χ1) is 28.5. The molecule has 1 aliphatic carbocycles. The van der Waals surface area contributed by atoms with E-state index >= 15 is 0 Å². The third kappa shape index (κ3) is 5.50. The van der Waals surface area contributed by atoms with Crippen molar-refractivity contribution in [2.45, 2.75) is 19.3 Å². The van der Waals surface area contributed by atoms with Crippen LogP contribution < -0.4 is 0 Å². The molecule has 0 saturated heterocycles. The molecule has 0 saturated carbocycles. The molecule has 11 rings (SSSR count). The number of fused-ring (bicyclic) bond motifs is 6. The molecule has 0 radical (unpaired) electrons. The Hall–Kier alpha value is -7.36. The fraction of sp³-hybridized carbons (Fsp3) is 0.0545. The molecule has 58 heavy (non-hydrogen) atoms. The molecule has 0 aliphatic heterocycles. The minimum Gasteiger partial charge on any atom is -0.309 e. The molecule has 0 N–H and O–H groups in total. The average molecular weight is 742 g/mol. The number of hydrogen-bond acceptors (Lipinski definition) is 2. The fourth-order valence-corrected chi connectivity index (χ4v) is 9.12. The van der Waals surface area contributed by atoms with E-state index in [1.165, 1.54) is 55.3 Å². The van der Waals surface area contributed by atoms with Crippen molar-refractivity contribution in [3.05, 3.63) is 211 Å². The zero-order valence-corrected chi connectivity index (χ0v) is 32.4. The van der Waals surface area contributed by atoms with E-state index in [2.05, 4.69) is 194 Å². The molecule has 3 heteroatoms. The molecule has 0 spiro atoms. The lowest BCUT2D eigenvalue weighted by Gasteiger charge is -2.22. The Labute approximate surface area is 338 Å². The maximum absolute atomic E-state index is 5.28. The summed E-state index contributed by atoms with van der Waals surface area (Å²) >= 11 is 0. The Balaban J connectivity index is 1.06. The van der Waals surface area contributed by atoms with Gasteiger partial charge in [-0.15, -0.1) is 0 Å². The summed E-state index contributed by atoms with van der Waals surface area (Å²) < 4.78 is 2.38. The van der Waals surface area contributed by atoms with Gasteiger partial charge in [-0.3, -0.25) is 0 Å². The van der Waals surface area contributed by atoms with E-state index in [1.807, 2.05) is 24.3 Å². The highest BCUT2D eigenvalue weighted by molar-refractivity contribution is 6.16. The third-order valence-electron chi connectivity index (χ3n) is 12.0. The quantitative estimate of drug-likeness (QED) is 0.170. The summed E-state index contributed by atoms with van der Waals surface area (Å²) in [5, 5.41) is 2.34. The van der Waals surface area contributed by atoms with E-state index in [0.29, 0.717) is 5.82 Å². The number of para-hydroxylation sites is 1. The summed E-state index contributed by atoms with van der Waals surface area (Å²) in [6, 6.07) is 71.9. The van der Waals surface area contributed by atoms with Gasteiger partial charge in [0.1, 0.15) is 0 Å². The van der Waals surface area contributed by atoms with E-state index < -0.39 is 0 Å². The van der Waals surface area contributed by atoms with Crippen molar-refractivity contribution < 1.29 is 0 Å². The number of aromatic nitrogens is 3. The van der Waals surface area contributed by atoms with Crippen molar-refractivity contribution in [2.75, 3.05) is 0 Å². The predicted octanol–water partition coefficient (Wildman–Crippen LogP) is 14.2. The normalized spacial score (nSPS) is 12.8. The third-order valence-corrected chi connectivity index (χ3v) is 12.0. The number of nitrogens with zero attached hydrogens (tertiary/aromatic N) is 3. The predicted molar refractivity (Wildman–Crippen MR) is 241 cm³/mol. The first-order valence-electron chi connectivity index (χ1n) is 20.0. The molecule has 2 aromatic heterocycles. The standard InChI is InChI=1S/C55H39N3/c1-55(2)47-23-13-12-21-43(47)44-31-29-41(34-48(44)55)37-27-25-36(26-28-37)40-30-32-51-46(33-40)53-45(22-14-24-52(53)58(51)42-19-10-5-11-20-42)50-35-49(38-15-6-3-7-16-38)56-54(57-50)39-17-8-4-9-18-39/h3-35H,1-2H3. The van der Waals surface area contributed by atoms with Crippen molar-refractivity contribution in [1.82, 2.24) is 14.5 Å². The van der Waals surface area contributed by atoms with Crippen LogP contribution in [0.15, 0.2) is 200 Å². The maximum atomic E-state index is 5.28. The van der Waals surface area contributed by atoms with Gasteiger partial charge in [-0.1, -0.05) is 172 Å². The first kappa shape index (κ1) is 33.9. The fourth-order valence-electron chi connectivity index (χ4n) is 9.12. The highest BCUT2D eigenvalue weighted by Crippen LogP contribution is 2.49. The zero-order valence-electron chi connectivity index (χ0n) is 32.4. The van der Waals surface area contributed by atoms with Crippen molar-refractivity contribution in [3.63, 3.8) is 0 Å². The maximum Gasteiger partial charge on any atom is 0.160 e. The second kappa shape index (κ2) is 13.4. The molecule has 0 atom stereocenters. The van der Waals surface area contributed by atoms with E-state index in [9.17, 15) is 0 Å². The summed E-state index contributed by atoms with van der Waals surface area (Å²) in [7, 11) is 0. The van der Waals surface area contributed by atoms with Crippen molar-refractivity contribution in [1.29, 1.82) is 0 Å². The monoisotopic (exact) mass is 741 g/mol. The smallest absolute Gasteiger partial charge is 0.160 e. The molecule has 10 aromatic rings. The van der Waals surface area contributed by atoms with Crippen LogP contribution in [0.4, 0.5) is 0 Å². The van der Waals surface area contributed by atoms with Gasteiger partial charge in [-0.25, -0.2) is 9.97 Å². The molecular weight excluding hydrogens is 703 g/mol. The molecule has 0 unspecified atom stereocenters. The molecular formula is C55H39N3. The molecule has 274 valence electrons. The van der Waals surface area contributed by atoms with Crippen LogP contribution in [-0.2, 0) is 5.41 Å². The highest BCUT2D eigenvalue weighted by atomic mass is 15.0. The minimum absolute atomic E-state index is 0.0346. The molecule has 8 aromatic carbocycles. The number of benzene rings is 8. The lowest BCUT2D eigenvalue weighted by molar-refractivity contribution is 0.660. The largest absolute Gasteiger partial charge is 0.309 e. The van der Waals surface area contributed by atoms with Crippen LogP contribution in [0.25, 0.3) is 94.8 Å². The van der Waals surface area contributed by atoms with Crippen molar-refractivity contribution >= 4 is 21.8 Å². The second-order valence-electron chi connectivity index (χ2n) is 15.8. The van der Waals surface area contributed by atoms with Crippen LogP contribution >= 0.6 is 0 Å². The summed E-state index contributed by atoms with van der Waals surface area (Å²) in [5.41, 5.74) is 18.6. The Morgan fingerprint density at radius 3 is 1.69 bits per heavy atom. The van der Waals surface area contributed by atoms with Gasteiger partial charge in [0.15, 0.2) is 5.82 Å². The van der Waals surface area contributed by atoms with E-state index in [1.54, 1.807) is 0 Å². The van der Waals surface area contributed by atoms with Gasteiger partial charge < -0.3 is 4.57 Å². The van der Waals surface area contributed by atoms with Crippen LogP contribution in [0.3, 0.4) is 0 Å². The molecule has 0 fully saturated rings. The van der Waals surface area contributed by atoms with Crippen LogP contribution in [-0.4, -0.2) is 14.5 Å². The number of rotatable bonds is 6. The van der Waals surface area contributed by atoms with Crippen LogP contribution in [0, 0.1) is 0 Å².